The second kappa shape index (κ2) is 15.1. The van der Waals surface area contributed by atoms with Crippen LogP contribution in [0.3, 0.4) is 0 Å². The lowest BCUT2D eigenvalue weighted by Crippen LogP contribution is -2.02. The van der Waals surface area contributed by atoms with Crippen LogP contribution in [0.15, 0.2) is 46.6 Å². The number of thioether (sulfide) groups is 1. The molecule has 0 spiro atoms. The molecule has 1 fully saturated rings. The van der Waals surface area contributed by atoms with Crippen molar-refractivity contribution < 1.29 is 4.74 Å². The zero-order valence-corrected chi connectivity index (χ0v) is 21.8. The van der Waals surface area contributed by atoms with Gasteiger partial charge in [0.15, 0.2) is 0 Å². The predicted octanol–water partition coefficient (Wildman–Crippen LogP) is 9.21. The molecule has 0 saturated carbocycles. The normalized spacial score (nSPS) is 19.2. The maximum atomic E-state index is 5.67. The topological polar surface area (TPSA) is 12.5 Å². The van der Waals surface area contributed by atoms with Gasteiger partial charge in [0.1, 0.15) is 0 Å². The molecule has 0 bridgehead atoms. The van der Waals surface area contributed by atoms with Crippen molar-refractivity contribution in [1.29, 1.82) is 0 Å². The summed E-state index contributed by atoms with van der Waals surface area (Å²) in [6.07, 6.45) is 21.0. The molecule has 0 aromatic heterocycles. The predicted molar refractivity (Wildman–Crippen MR) is 139 cm³/mol. The SMILES string of the molecule is CC(C)=CCCSCCCC(C)=CCCC=C(C)CCC=C(C)CCC1OC1(C)C. The van der Waals surface area contributed by atoms with Crippen LogP contribution >= 0.6 is 11.8 Å². The fourth-order valence-electron chi connectivity index (χ4n) is 3.60. The Bertz CT molecular complexity index is 602. The van der Waals surface area contributed by atoms with Gasteiger partial charge in [-0.25, -0.2) is 0 Å². The summed E-state index contributed by atoms with van der Waals surface area (Å²) in [5.74, 6) is 2.55. The van der Waals surface area contributed by atoms with Crippen molar-refractivity contribution in [1.82, 2.24) is 0 Å². The van der Waals surface area contributed by atoms with Gasteiger partial charge in [-0.15, -0.1) is 0 Å². The molecule has 1 nitrogen and oxygen atoms in total. The summed E-state index contributed by atoms with van der Waals surface area (Å²) in [6.45, 7) is 15.6. The molecule has 1 aliphatic rings. The number of allylic oxidation sites excluding steroid dienone is 8. The fourth-order valence-corrected chi connectivity index (χ4v) is 4.43. The summed E-state index contributed by atoms with van der Waals surface area (Å²) in [7, 11) is 0. The highest BCUT2D eigenvalue weighted by Gasteiger charge is 2.46. The third-order valence-electron chi connectivity index (χ3n) is 5.82. The summed E-state index contributed by atoms with van der Waals surface area (Å²) in [5, 5.41) is 0. The van der Waals surface area contributed by atoms with Crippen molar-refractivity contribution in [2.24, 2.45) is 0 Å². The van der Waals surface area contributed by atoms with Gasteiger partial charge < -0.3 is 4.74 Å². The molecule has 1 heterocycles. The van der Waals surface area contributed by atoms with Gasteiger partial charge in [0.2, 0.25) is 0 Å². The minimum atomic E-state index is 0.136. The van der Waals surface area contributed by atoms with E-state index in [1.54, 1.807) is 5.57 Å². The molecule has 1 aliphatic heterocycles. The molecule has 1 rings (SSSR count). The smallest absolute Gasteiger partial charge is 0.0892 e. The van der Waals surface area contributed by atoms with Crippen molar-refractivity contribution in [3.05, 3.63) is 46.6 Å². The highest BCUT2D eigenvalue weighted by Crippen LogP contribution is 2.38. The standard InChI is InChI=1S/C28H48OS/c1-23(2)13-11-21-30-22-12-18-25(4)15-9-8-14-24(3)16-10-17-26(5)19-20-27-28(6,7)29-27/h13-15,17,27H,8-12,16,18-22H2,1-7H3. The first-order valence-electron chi connectivity index (χ1n) is 12.1. The Morgan fingerprint density at radius 2 is 1.30 bits per heavy atom. The molecule has 0 aliphatic carbocycles. The van der Waals surface area contributed by atoms with E-state index in [9.17, 15) is 0 Å². The van der Waals surface area contributed by atoms with Crippen LogP contribution in [0.4, 0.5) is 0 Å². The molecular formula is C28H48OS. The van der Waals surface area contributed by atoms with Crippen molar-refractivity contribution in [2.45, 2.75) is 118 Å². The third-order valence-corrected chi connectivity index (χ3v) is 6.93. The monoisotopic (exact) mass is 432 g/mol. The minimum Gasteiger partial charge on any atom is -0.367 e. The zero-order valence-electron chi connectivity index (χ0n) is 21.0. The van der Waals surface area contributed by atoms with E-state index in [-0.39, 0.29) is 5.60 Å². The molecule has 0 aromatic rings. The van der Waals surface area contributed by atoms with Crippen LogP contribution in [0.1, 0.15) is 106 Å². The Labute approximate surface area is 192 Å². The van der Waals surface area contributed by atoms with Crippen LogP contribution in [0.25, 0.3) is 0 Å². The van der Waals surface area contributed by atoms with Crippen molar-refractivity contribution in [2.75, 3.05) is 11.5 Å². The van der Waals surface area contributed by atoms with Crippen LogP contribution < -0.4 is 0 Å². The van der Waals surface area contributed by atoms with Crippen molar-refractivity contribution in [3.8, 4) is 0 Å². The molecule has 172 valence electrons. The molecule has 0 amide bonds. The molecule has 1 saturated heterocycles. The average Bonchev–Trinajstić information content (AvgIpc) is 3.29. The van der Waals surface area contributed by atoms with Gasteiger partial charge in [-0.2, -0.15) is 11.8 Å². The molecule has 0 radical (unpaired) electrons. The Hall–Kier alpha value is -0.730. The highest BCUT2D eigenvalue weighted by molar-refractivity contribution is 7.99. The van der Waals surface area contributed by atoms with Gasteiger partial charge in [-0.05, 0) is 118 Å². The largest absolute Gasteiger partial charge is 0.367 e. The Morgan fingerprint density at radius 3 is 1.90 bits per heavy atom. The van der Waals surface area contributed by atoms with E-state index in [4.69, 9.17) is 4.74 Å². The van der Waals surface area contributed by atoms with Crippen LogP contribution in [-0.4, -0.2) is 23.2 Å². The number of ether oxygens (including phenoxy) is 1. The number of hydrogen-bond acceptors (Lipinski definition) is 2. The first kappa shape index (κ1) is 27.3. The number of hydrogen-bond donors (Lipinski definition) is 0. The molecule has 1 atom stereocenters. The van der Waals surface area contributed by atoms with Crippen LogP contribution in [-0.2, 0) is 4.74 Å². The van der Waals surface area contributed by atoms with Gasteiger partial charge in [-0.3, -0.25) is 0 Å². The van der Waals surface area contributed by atoms with E-state index in [1.165, 1.54) is 86.0 Å². The van der Waals surface area contributed by atoms with E-state index >= 15 is 0 Å². The molecular weight excluding hydrogens is 384 g/mol. The molecule has 2 heteroatoms. The maximum Gasteiger partial charge on any atom is 0.0892 e. The molecule has 30 heavy (non-hydrogen) atoms. The summed E-state index contributed by atoms with van der Waals surface area (Å²) >= 11 is 2.09. The first-order chi connectivity index (χ1) is 14.2. The number of epoxide rings is 1. The molecule has 1 unspecified atom stereocenters. The van der Waals surface area contributed by atoms with Gasteiger partial charge in [0.05, 0.1) is 11.7 Å². The third kappa shape index (κ3) is 14.3. The van der Waals surface area contributed by atoms with Crippen molar-refractivity contribution in [3.63, 3.8) is 0 Å². The second-order valence-corrected chi connectivity index (χ2v) is 11.0. The average molecular weight is 433 g/mol. The summed E-state index contributed by atoms with van der Waals surface area (Å²) in [6, 6.07) is 0. The van der Waals surface area contributed by atoms with Crippen LogP contribution in [0, 0.1) is 0 Å². The number of unbranched alkanes of at least 4 members (excludes halogenated alkanes) is 1. The number of rotatable bonds is 16. The van der Waals surface area contributed by atoms with E-state index < -0.39 is 0 Å². The lowest BCUT2D eigenvalue weighted by molar-refractivity contribution is 0.320. The van der Waals surface area contributed by atoms with E-state index in [1.807, 2.05) is 0 Å². The lowest BCUT2D eigenvalue weighted by atomic mass is 10.0. The van der Waals surface area contributed by atoms with Crippen molar-refractivity contribution >= 4 is 11.8 Å². The van der Waals surface area contributed by atoms with Gasteiger partial charge in [0, 0.05) is 0 Å². The Morgan fingerprint density at radius 1 is 0.733 bits per heavy atom. The highest BCUT2D eigenvalue weighted by atomic mass is 32.2. The molecule has 0 N–H and O–H groups in total. The van der Waals surface area contributed by atoms with Crippen LogP contribution in [0.2, 0.25) is 0 Å². The maximum absolute atomic E-state index is 5.67. The summed E-state index contributed by atoms with van der Waals surface area (Å²) in [4.78, 5) is 0. The van der Waals surface area contributed by atoms with Gasteiger partial charge in [-0.1, -0.05) is 46.6 Å². The zero-order chi connectivity index (χ0) is 22.4. The van der Waals surface area contributed by atoms with E-state index in [0.717, 1.165) is 0 Å². The van der Waals surface area contributed by atoms with E-state index in [2.05, 4.69) is 84.5 Å². The van der Waals surface area contributed by atoms with Gasteiger partial charge in [0.25, 0.3) is 0 Å². The summed E-state index contributed by atoms with van der Waals surface area (Å²) < 4.78 is 5.67. The van der Waals surface area contributed by atoms with Gasteiger partial charge >= 0.3 is 0 Å². The second-order valence-electron chi connectivity index (χ2n) is 9.80. The minimum absolute atomic E-state index is 0.136. The first-order valence-corrected chi connectivity index (χ1v) is 13.2. The fraction of sp³-hybridized carbons (Fsp3) is 0.714. The van der Waals surface area contributed by atoms with E-state index in [0.29, 0.717) is 6.10 Å². The molecule has 0 aromatic carbocycles. The lowest BCUT2D eigenvalue weighted by Gasteiger charge is -2.03. The quantitative estimate of drug-likeness (QED) is 0.137. The Kier molecular flexibility index (Phi) is 13.8. The Balaban J connectivity index is 2.05. The summed E-state index contributed by atoms with van der Waals surface area (Å²) in [5.41, 5.74) is 6.19. The van der Waals surface area contributed by atoms with Crippen LogP contribution in [0.5, 0.6) is 0 Å².